The van der Waals surface area contributed by atoms with Crippen molar-refractivity contribution in [1.82, 2.24) is 0 Å². The van der Waals surface area contributed by atoms with E-state index in [1.165, 1.54) is 50.5 Å². The lowest BCUT2D eigenvalue weighted by molar-refractivity contribution is 0.215. The Labute approximate surface area is 144 Å². The third-order valence-electron chi connectivity index (χ3n) is 4.69. The molecule has 1 fully saturated rings. The van der Waals surface area contributed by atoms with Crippen LogP contribution < -0.4 is 10.1 Å². The van der Waals surface area contributed by atoms with Gasteiger partial charge < -0.3 is 4.74 Å². The molecule has 1 N–H and O–H groups in total. The van der Waals surface area contributed by atoms with Crippen LogP contribution in [0.15, 0.2) is 54.6 Å². The summed E-state index contributed by atoms with van der Waals surface area (Å²) in [5.74, 6) is 1.23. The molecule has 0 heterocycles. The normalized spacial score (nSPS) is 16.0. The summed E-state index contributed by atoms with van der Waals surface area (Å²) in [5.41, 5.74) is 2.10. The van der Waals surface area contributed by atoms with Crippen molar-refractivity contribution >= 4 is 11.8 Å². The highest BCUT2D eigenvalue weighted by atomic mass is 16.6. The minimum Gasteiger partial charge on any atom is -0.410 e. The van der Waals surface area contributed by atoms with Crippen LogP contribution >= 0.6 is 0 Å². The minimum atomic E-state index is -0.458. The van der Waals surface area contributed by atoms with Crippen LogP contribution in [0, 0.1) is 0 Å². The van der Waals surface area contributed by atoms with E-state index in [1.54, 1.807) is 0 Å². The molecule has 1 amide bonds. The summed E-state index contributed by atoms with van der Waals surface area (Å²) >= 11 is 0. The molecule has 126 valence electrons. The Kier molecular flexibility index (Phi) is 5.89. The lowest BCUT2D eigenvalue weighted by Gasteiger charge is -2.20. The average molecular weight is 323 g/mol. The largest absolute Gasteiger partial charge is 0.417 e. The molecular weight excluding hydrogens is 298 g/mol. The molecule has 3 heteroatoms. The van der Waals surface area contributed by atoms with Crippen LogP contribution in [-0.4, -0.2) is 6.09 Å². The van der Waals surface area contributed by atoms with Crippen molar-refractivity contribution < 1.29 is 9.53 Å². The van der Waals surface area contributed by atoms with E-state index in [0.29, 0.717) is 11.7 Å². The number of anilines is 1. The third kappa shape index (κ3) is 4.85. The number of carbonyl (C=O) groups excluding carboxylic acids is 1. The smallest absolute Gasteiger partial charge is 0.410 e. The highest BCUT2D eigenvalue weighted by molar-refractivity contribution is 5.86. The Morgan fingerprint density at radius 1 is 0.833 bits per heavy atom. The van der Waals surface area contributed by atoms with Crippen molar-refractivity contribution in [3.63, 3.8) is 0 Å². The first-order valence-corrected chi connectivity index (χ1v) is 8.95. The SMILES string of the molecule is O=C(Nc1ccccc1)Oc1ccc(C2CCCCCCC2)cc1. The van der Waals surface area contributed by atoms with E-state index in [2.05, 4.69) is 17.4 Å². The second-order valence-corrected chi connectivity index (χ2v) is 6.49. The minimum absolute atomic E-state index is 0.458. The first kappa shape index (κ1) is 16.6. The maximum absolute atomic E-state index is 11.9. The fourth-order valence-corrected chi connectivity index (χ4v) is 3.37. The summed E-state index contributed by atoms with van der Waals surface area (Å²) in [7, 11) is 0. The highest BCUT2D eigenvalue weighted by Crippen LogP contribution is 2.31. The summed E-state index contributed by atoms with van der Waals surface area (Å²) in [6.45, 7) is 0. The lowest BCUT2D eigenvalue weighted by atomic mass is 9.86. The summed E-state index contributed by atoms with van der Waals surface area (Å²) < 4.78 is 5.36. The zero-order chi connectivity index (χ0) is 16.6. The molecule has 0 aromatic heterocycles. The van der Waals surface area contributed by atoms with Crippen LogP contribution in [-0.2, 0) is 0 Å². The number of hydrogen-bond donors (Lipinski definition) is 1. The van der Waals surface area contributed by atoms with Gasteiger partial charge in [-0.1, -0.05) is 62.4 Å². The van der Waals surface area contributed by atoms with E-state index in [-0.39, 0.29) is 0 Å². The zero-order valence-corrected chi connectivity index (χ0v) is 14.0. The van der Waals surface area contributed by atoms with E-state index in [0.717, 1.165) is 5.69 Å². The van der Waals surface area contributed by atoms with Crippen LogP contribution in [0.4, 0.5) is 10.5 Å². The lowest BCUT2D eigenvalue weighted by Crippen LogP contribution is -2.16. The van der Waals surface area contributed by atoms with Gasteiger partial charge >= 0.3 is 6.09 Å². The van der Waals surface area contributed by atoms with Crippen LogP contribution in [0.25, 0.3) is 0 Å². The molecule has 1 saturated carbocycles. The first-order valence-electron chi connectivity index (χ1n) is 8.95. The summed E-state index contributed by atoms with van der Waals surface area (Å²) in [6.07, 6.45) is 8.83. The topological polar surface area (TPSA) is 38.3 Å². The van der Waals surface area contributed by atoms with Gasteiger partial charge in [-0.05, 0) is 48.6 Å². The number of hydrogen-bond acceptors (Lipinski definition) is 2. The van der Waals surface area contributed by atoms with Crippen molar-refractivity contribution in [2.24, 2.45) is 0 Å². The van der Waals surface area contributed by atoms with Crippen LogP contribution in [0.1, 0.15) is 56.4 Å². The molecule has 1 aliphatic carbocycles. The summed E-state index contributed by atoms with van der Waals surface area (Å²) in [5, 5.41) is 2.72. The molecule has 0 spiro atoms. The van der Waals surface area contributed by atoms with E-state index < -0.39 is 6.09 Å². The van der Waals surface area contributed by atoms with E-state index in [9.17, 15) is 4.79 Å². The van der Waals surface area contributed by atoms with Gasteiger partial charge in [0.1, 0.15) is 5.75 Å². The van der Waals surface area contributed by atoms with Crippen molar-refractivity contribution in [1.29, 1.82) is 0 Å². The molecule has 0 aliphatic heterocycles. The summed E-state index contributed by atoms with van der Waals surface area (Å²) in [4.78, 5) is 11.9. The molecule has 24 heavy (non-hydrogen) atoms. The predicted octanol–water partition coefficient (Wildman–Crippen LogP) is 6.13. The second-order valence-electron chi connectivity index (χ2n) is 6.49. The number of benzene rings is 2. The third-order valence-corrected chi connectivity index (χ3v) is 4.69. The van der Waals surface area contributed by atoms with Gasteiger partial charge in [-0.2, -0.15) is 0 Å². The Balaban J connectivity index is 1.56. The second kappa shape index (κ2) is 8.53. The Morgan fingerprint density at radius 2 is 1.46 bits per heavy atom. The molecular formula is C21H25NO2. The average Bonchev–Trinajstić information content (AvgIpc) is 2.56. The molecule has 0 radical (unpaired) electrons. The molecule has 2 aromatic carbocycles. The molecule has 0 atom stereocenters. The van der Waals surface area contributed by atoms with Gasteiger partial charge in [0, 0.05) is 5.69 Å². The molecule has 0 bridgehead atoms. The molecule has 2 aromatic rings. The summed E-state index contributed by atoms with van der Waals surface area (Å²) in [6, 6.07) is 17.3. The Morgan fingerprint density at radius 3 is 2.12 bits per heavy atom. The van der Waals surface area contributed by atoms with Gasteiger partial charge in [0.25, 0.3) is 0 Å². The number of nitrogens with one attached hydrogen (secondary N) is 1. The number of rotatable bonds is 3. The molecule has 1 aliphatic rings. The molecule has 3 nitrogen and oxygen atoms in total. The fourth-order valence-electron chi connectivity index (χ4n) is 3.37. The standard InChI is InChI=1S/C21H25NO2/c23-21(22-19-11-7-4-8-12-19)24-20-15-13-18(14-16-20)17-9-5-2-1-3-6-10-17/h4,7-8,11-17H,1-3,5-6,9-10H2,(H,22,23). The Hall–Kier alpha value is -2.29. The molecule has 0 saturated heterocycles. The van der Waals surface area contributed by atoms with Crippen LogP contribution in [0.3, 0.4) is 0 Å². The number of amides is 1. The maximum Gasteiger partial charge on any atom is 0.417 e. The van der Waals surface area contributed by atoms with Crippen LogP contribution in [0.2, 0.25) is 0 Å². The van der Waals surface area contributed by atoms with Gasteiger partial charge in [-0.25, -0.2) is 4.79 Å². The quantitative estimate of drug-likeness (QED) is 0.738. The maximum atomic E-state index is 11.9. The van der Waals surface area contributed by atoms with Gasteiger partial charge in [-0.3, -0.25) is 5.32 Å². The van der Waals surface area contributed by atoms with Crippen LogP contribution in [0.5, 0.6) is 5.75 Å². The van der Waals surface area contributed by atoms with Crippen molar-refractivity contribution in [2.45, 2.75) is 50.9 Å². The van der Waals surface area contributed by atoms with Gasteiger partial charge in [0.15, 0.2) is 0 Å². The highest BCUT2D eigenvalue weighted by Gasteiger charge is 2.14. The van der Waals surface area contributed by atoms with Gasteiger partial charge in [0.2, 0.25) is 0 Å². The number of ether oxygens (including phenoxy) is 1. The first-order chi connectivity index (χ1) is 11.8. The van der Waals surface area contributed by atoms with E-state index in [4.69, 9.17) is 4.74 Å². The zero-order valence-electron chi connectivity index (χ0n) is 14.0. The van der Waals surface area contributed by atoms with Crippen molar-refractivity contribution in [3.05, 3.63) is 60.2 Å². The number of carbonyl (C=O) groups is 1. The monoisotopic (exact) mass is 323 g/mol. The molecule has 3 rings (SSSR count). The Bertz CT molecular complexity index is 629. The molecule has 0 unspecified atom stereocenters. The van der Waals surface area contributed by atoms with Gasteiger partial charge in [-0.15, -0.1) is 0 Å². The van der Waals surface area contributed by atoms with E-state index in [1.807, 2.05) is 42.5 Å². The van der Waals surface area contributed by atoms with Crippen molar-refractivity contribution in [3.8, 4) is 5.75 Å². The fraction of sp³-hybridized carbons (Fsp3) is 0.381. The van der Waals surface area contributed by atoms with E-state index >= 15 is 0 Å². The number of para-hydroxylation sites is 1. The predicted molar refractivity (Wildman–Crippen MR) is 97.6 cm³/mol. The van der Waals surface area contributed by atoms with Crippen molar-refractivity contribution in [2.75, 3.05) is 5.32 Å². The van der Waals surface area contributed by atoms with Gasteiger partial charge in [0.05, 0.1) is 0 Å².